The average Bonchev–Trinajstić information content (AvgIpc) is 3.91. The maximum Gasteiger partial charge on any atom is 0.259 e. The number of nitrogens with zero attached hydrogens (tertiary/aromatic N) is 5. The summed E-state index contributed by atoms with van der Waals surface area (Å²) in [7, 11) is -2.53. The Hall–Kier alpha value is -3.73. The van der Waals surface area contributed by atoms with Crippen LogP contribution in [0.4, 0.5) is 8.78 Å². The van der Waals surface area contributed by atoms with Gasteiger partial charge in [-0.1, -0.05) is 41.5 Å². The molecule has 2 saturated carbocycles. The number of benzene rings is 1. The van der Waals surface area contributed by atoms with Crippen LogP contribution < -0.4 is 20.1 Å². The first-order valence-electron chi connectivity index (χ1n) is 16.9. The zero-order valence-electron chi connectivity index (χ0n) is 29.6. The van der Waals surface area contributed by atoms with Crippen molar-refractivity contribution in [1.82, 2.24) is 40.5 Å². The maximum atomic E-state index is 14.4. The standard InChI is InChI=1S/C33H48F2N8O6S/c1-31(2,3)14-15-36-25(32(4,5)6)29(45)42-18-20(43-39-27(38-41-43)19-8-10-21(49-7)11-9-19)16-24(42)28(44)37-33(17-23(33)26(34)35)30(46)40-50(47,48)22-12-13-22/h8-11,20,22-26,36H,12-18H2,1-7H3,(H,37,44)(H,40,46)/t20-,23+,24?,25-,33-/m1/s1. The SMILES string of the molecule is COc1ccc(-c2nnn([C@@H]3CC(C(=O)N[C@]4(C(=O)NS(=O)(=O)C5CC5)C[C@H]4C(F)F)N(C(=O)[C@@H](NCCC(C)(C)C)C(C)(C)C)C3)n2)cc1. The molecule has 1 aliphatic heterocycles. The molecule has 0 spiro atoms. The minimum atomic E-state index is -4.08. The molecule has 0 bridgehead atoms. The molecule has 1 aromatic carbocycles. The number of rotatable bonds is 13. The summed E-state index contributed by atoms with van der Waals surface area (Å²) in [5, 5.41) is 18.0. The lowest BCUT2D eigenvalue weighted by molar-refractivity contribution is -0.143. The van der Waals surface area contributed by atoms with Crippen LogP contribution in [0.1, 0.15) is 79.7 Å². The van der Waals surface area contributed by atoms with Crippen molar-refractivity contribution in [3.8, 4) is 17.1 Å². The molecule has 276 valence electrons. The summed E-state index contributed by atoms with van der Waals surface area (Å²) < 4.78 is 60.3. The number of carbonyl (C=O) groups excluding carboxylic acids is 3. The quantitative estimate of drug-likeness (QED) is 0.279. The molecule has 2 aliphatic carbocycles. The molecule has 1 aromatic heterocycles. The van der Waals surface area contributed by atoms with Crippen molar-refractivity contribution in [2.24, 2.45) is 16.7 Å². The predicted octanol–water partition coefficient (Wildman–Crippen LogP) is 2.68. The van der Waals surface area contributed by atoms with Crippen molar-refractivity contribution in [2.45, 2.75) is 109 Å². The molecule has 2 heterocycles. The summed E-state index contributed by atoms with van der Waals surface area (Å²) in [6, 6.07) is 4.46. The fourth-order valence-corrected chi connectivity index (χ4v) is 7.63. The van der Waals surface area contributed by atoms with Crippen molar-refractivity contribution in [3.63, 3.8) is 0 Å². The average molecular weight is 723 g/mol. The Kier molecular flexibility index (Phi) is 10.3. The molecule has 3 fully saturated rings. The van der Waals surface area contributed by atoms with Gasteiger partial charge < -0.3 is 20.3 Å². The van der Waals surface area contributed by atoms with Crippen molar-refractivity contribution in [3.05, 3.63) is 24.3 Å². The number of carbonyl (C=O) groups is 3. The van der Waals surface area contributed by atoms with E-state index in [1.54, 1.807) is 31.4 Å². The molecule has 1 saturated heterocycles. The van der Waals surface area contributed by atoms with Crippen LogP contribution in [0.5, 0.6) is 5.75 Å². The summed E-state index contributed by atoms with van der Waals surface area (Å²) in [5.74, 6) is -3.08. The third-order valence-electron chi connectivity index (χ3n) is 9.57. The number of alkyl halides is 2. The minimum Gasteiger partial charge on any atom is -0.497 e. The van der Waals surface area contributed by atoms with Gasteiger partial charge in [-0.3, -0.25) is 19.1 Å². The van der Waals surface area contributed by atoms with Gasteiger partial charge in [0.15, 0.2) is 0 Å². The molecule has 2 aromatic rings. The number of hydrogen-bond acceptors (Lipinski definition) is 10. The molecule has 17 heteroatoms. The van der Waals surface area contributed by atoms with Crippen LogP contribution in [0.25, 0.3) is 11.4 Å². The van der Waals surface area contributed by atoms with Gasteiger partial charge in [0, 0.05) is 18.5 Å². The molecule has 50 heavy (non-hydrogen) atoms. The van der Waals surface area contributed by atoms with Crippen LogP contribution in [0, 0.1) is 16.7 Å². The first kappa shape index (κ1) is 37.5. The molecule has 3 N–H and O–H groups in total. The second kappa shape index (κ2) is 13.8. The Morgan fingerprint density at radius 2 is 1.74 bits per heavy atom. The number of tetrazole rings is 1. The van der Waals surface area contributed by atoms with E-state index >= 15 is 0 Å². The predicted molar refractivity (Wildman–Crippen MR) is 179 cm³/mol. The third-order valence-corrected chi connectivity index (χ3v) is 11.4. The molecule has 1 unspecified atom stereocenters. The third kappa shape index (κ3) is 8.24. The summed E-state index contributed by atoms with van der Waals surface area (Å²) in [6.45, 7) is 12.5. The van der Waals surface area contributed by atoms with Crippen LogP contribution in [0.2, 0.25) is 0 Å². The first-order chi connectivity index (χ1) is 23.3. The Balaban J connectivity index is 1.43. The fraction of sp³-hybridized carbons (Fsp3) is 0.697. The number of amides is 3. The van der Waals surface area contributed by atoms with Gasteiger partial charge in [-0.05, 0) is 72.5 Å². The Labute approximate surface area is 291 Å². The molecule has 3 aliphatic rings. The lowest BCUT2D eigenvalue weighted by Crippen LogP contribution is -2.60. The van der Waals surface area contributed by atoms with Gasteiger partial charge in [-0.2, -0.15) is 4.80 Å². The van der Waals surface area contributed by atoms with E-state index in [1.807, 2.05) is 25.5 Å². The van der Waals surface area contributed by atoms with Gasteiger partial charge in [0.05, 0.1) is 30.4 Å². The Bertz CT molecular complexity index is 1690. The lowest BCUT2D eigenvalue weighted by Gasteiger charge is -2.36. The number of methoxy groups -OCH3 is 1. The number of likely N-dealkylation sites (tertiary alicyclic amines) is 1. The van der Waals surface area contributed by atoms with Gasteiger partial charge in [0.25, 0.3) is 5.91 Å². The van der Waals surface area contributed by atoms with E-state index in [-0.39, 0.29) is 24.3 Å². The second-order valence-corrected chi connectivity index (χ2v) is 17.9. The Morgan fingerprint density at radius 3 is 2.28 bits per heavy atom. The topological polar surface area (TPSA) is 178 Å². The largest absolute Gasteiger partial charge is 0.497 e. The van der Waals surface area contributed by atoms with E-state index in [4.69, 9.17) is 4.74 Å². The van der Waals surface area contributed by atoms with E-state index in [1.165, 1.54) is 9.70 Å². The van der Waals surface area contributed by atoms with Crippen LogP contribution in [-0.2, 0) is 24.4 Å². The maximum absolute atomic E-state index is 14.4. The number of hydrogen-bond donors (Lipinski definition) is 3. The summed E-state index contributed by atoms with van der Waals surface area (Å²) in [5.41, 5.74) is -2.07. The monoisotopic (exact) mass is 722 g/mol. The molecular weight excluding hydrogens is 674 g/mol. The van der Waals surface area contributed by atoms with Gasteiger partial charge in [-0.25, -0.2) is 17.2 Å². The summed E-state index contributed by atoms with van der Waals surface area (Å²) in [6.07, 6.45) is -1.96. The van der Waals surface area contributed by atoms with E-state index in [9.17, 15) is 31.6 Å². The number of sulfonamides is 1. The molecule has 14 nitrogen and oxygen atoms in total. The summed E-state index contributed by atoms with van der Waals surface area (Å²) >= 11 is 0. The van der Waals surface area contributed by atoms with Crippen molar-refractivity contribution < 1.29 is 36.3 Å². The van der Waals surface area contributed by atoms with Gasteiger partial charge in [0.2, 0.25) is 34.1 Å². The van der Waals surface area contributed by atoms with E-state index < -0.39 is 74.9 Å². The fourth-order valence-electron chi connectivity index (χ4n) is 6.27. The highest BCUT2D eigenvalue weighted by Crippen LogP contribution is 2.48. The Morgan fingerprint density at radius 1 is 1.08 bits per heavy atom. The van der Waals surface area contributed by atoms with E-state index in [2.05, 4.69) is 46.8 Å². The number of ether oxygens (including phenoxy) is 1. The van der Waals surface area contributed by atoms with Crippen LogP contribution in [0.15, 0.2) is 24.3 Å². The minimum absolute atomic E-state index is 0.00358. The van der Waals surface area contributed by atoms with Crippen LogP contribution >= 0.6 is 0 Å². The highest BCUT2D eigenvalue weighted by atomic mass is 32.2. The molecule has 5 rings (SSSR count). The van der Waals surface area contributed by atoms with Crippen molar-refractivity contribution >= 4 is 27.7 Å². The van der Waals surface area contributed by atoms with Gasteiger partial charge >= 0.3 is 0 Å². The molecular formula is C33H48F2N8O6S. The van der Waals surface area contributed by atoms with Crippen LogP contribution in [-0.4, -0.2) is 101 Å². The van der Waals surface area contributed by atoms with E-state index in [0.717, 1.165) is 6.42 Å². The first-order valence-corrected chi connectivity index (χ1v) is 18.4. The lowest BCUT2D eigenvalue weighted by atomic mass is 9.85. The second-order valence-electron chi connectivity index (χ2n) is 15.9. The normalized spacial score (nSPS) is 24.6. The molecule has 0 radical (unpaired) electrons. The highest BCUT2D eigenvalue weighted by molar-refractivity contribution is 7.91. The van der Waals surface area contributed by atoms with Crippen molar-refractivity contribution in [2.75, 3.05) is 20.2 Å². The highest BCUT2D eigenvalue weighted by Gasteiger charge is 2.66. The number of nitrogens with one attached hydrogen (secondary N) is 3. The zero-order valence-corrected chi connectivity index (χ0v) is 30.4. The van der Waals surface area contributed by atoms with Crippen LogP contribution in [0.3, 0.4) is 0 Å². The molecule has 5 atom stereocenters. The van der Waals surface area contributed by atoms with E-state index in [0.29, 0.717) is 36.5 Å². The number of halogens is 2. The summed E-state index contributed by atoms with van der Waals surface area (Å²) in [4.78, 5) is 44.5. The zero-order chi connectivity index (χ0) is 36.8. The molecule has 3 amide bonds. The van der Waals surface area contributed by atoms with Gasteiger partial charge in [-0.15, -0.1) is 10.2 Å². The van der Waals surface area contributed by atoms with Crippen molar-refractivity contribution in [1.29, 1.82) is 0 Å². The number of aromatic nitrogens is 4. The smallest absolute Gasteiger partial charge is 0.259 e. The van der Waals surface area contributed by atoms with Gasteiger partial charge in [0.1, 0.15) is 17.3 Å².